The third-order valence-corrected chi connectivity index (χ3v) is 8.91. The predicted molar refractivity (Wildman–Crippen MR) is 116 cm³/mol. The van der Waals surface area contributed by atoms with Crippen molar-refractivity contribution in [2.75, 3.05) is 38.2 Å². The molecule has 0 atom stereocenters. The average Bonchev–Trinajstić information content (AvgIpc) is 3.14. The van der Waals surface area contributed by atoms with Gasteiger partial charge in [-0.3, -0.25) is 0 Å². The van der Waals surface area contributed by atoms with Gasteiger partial charge in [-0.25, -0.2) is 13.4 Å². The maximum atomic E-state index is 12.8. The van der Waals surface area contributed by atoms with Gasteiger partial charge in [-0.05, 0) is 58.7 Å². The van der Waals surface area contributed by atoms with E-state index in [9.17, 15) is 8.42 Å². The van der Waals surface area contributed by atoms with Crippen LogP contribution in [0.3, 0.4) is 0 Å². The molecule has 1 aromatic carbocycles. The Morgan fingerprint density at radius 1 is 1.11 bits per heavy atom. The monoisotopic (exact) mass is 481 g/mol. The van der Waals surface area contributed by atoms with Crippen LogP contribution in [0.4, 0.5) is 5.82 Å². The summed E-state index contributed by atoms with van der Waals surface area (Å²) >= 11 is 4.58. The normalized spacial score (nSPS) is 15.9. The molecule has 1 aliphatic rings. The van der Waals surface area contributed by atoms with Crippen LogP contribution in [0.15, 0.2) is 44.4 Å². The number of ether oxygens (including phenoxy) is 1. The van der Waals surface area contributed by atoms with Crippen LogP contribution in [0.1, 0.15) is 5.56 Å². The fourth-order valence-corrected chi connectivity index (χ4v) is 6.96. The molecule has 0 spiro atoms. The number of piperazine rings is 1. The lowest BCUT2D eigenvalue weighted by atomic mass is 10.1. The molecule has 2 aromatic heterocycles. The minimum atomic E-state index is -3.44. The molecule has 1 saturated heterocycles. The van der Waals surface area contributed by atoms with Gasteiger partial charge in [0.05, 0.1) is 16.4 Å². The molecule has 1 fully saturated rings. The van der Waals surface area contributed by atoms with Gasteiger partial charge in [-0.1, -0.05) is 0 Å². The summed E-state index contributed by atoms with van der Waals surface area (Å²) < 4.78 is 33.7. The van der Waals surface area contributed by atoms with Crippen molar-refractivity contribution in [3.63, 3.8) is 0 Å². The molecule has 0 bridgehead atoms. The molecule has 0 unspecified atom stereocenters. The molecule has 0 N–H and O–H groups in total. The molecule has 28 heavy (non-hydrogen) atoms. The van der Waals surface area contributed by atoms with E-state index in [0.29, 0.717) is 30.4 Å². The largest absolute Gasteiger partial charge is 0.497 e. The maximum absolute atomic E-state index is 12.8. The second-order valence-electron chi connectivity index (χ2n) is 6.63. The van der Waals surface area contributed by atoms with E-state index in [4.69, 9.17) is 9.72 Å². The number of pyridine rings is 1. The topological polar surface area (TPSA) is 62.7 Å². The van der Waals surface area contributed by atoms with Crippen LogP contribution in [0.25, 0.3) is 10.9 Å². The molecule has 4 rings (SSSR count). The zero-order chi connectivity index (χ0) is 19.9. The number of aromatic nitrogens is 1. The van der Waals surface area contributed by atoms with Crippen LogP contribution in [0.5, 0.6) is 5.75 Å². The third-order valence-electron chi connectivity index (χ3n) is 4.92. The molecule has 0 aliphatic carbocycles. The van der Waals surface area contributed by atoms with E-state index < -0.39 is 10.0 Å². The quantitative estimate of drug-likeness (QED) is 0.565. The van der Waals surface area contributed by atoms with Crippen molar-refractivity contribution in [1.82, 2.24) is 9.29 Å². The van der Waals surface area contributed by atoms with Crippen molar-refractivity contribution in [3.05, 3.63) is 45.7 Å². The van der Waals surface area contributed by atoms with Gasteiger partial charge in [-0.2, -0.15) is 4.31 Å². The molecule has 3 heterocycles. The summed E-state index contributed by atoms with van der Waals surface area (Å²) in [4.78, 5) is 6.93. The van der Waals surface area contributed by atoms with Crippen molar-refractivity contribution in [1.29, 1.82) is 0 Å². The Morgan fingerprint density at radius 2 is 1.86 bits per heavy atom. The molecule has 0 saturated carbocycles. The van der Waals surface area contributed by atoms with E-state index >= 15 is 0 Å². The lowest BCUT2D eigenvalue weighted by Gasteiger charge is -2.34. The first-order valence-corrected chi connectivity index (χ1v) is 11.9. The van der Waals surface area contributed by atoms with Crippen LogP contribution in [0.2, 0.25) is 0 Å². The van der Waals surface area contributed by atoms with Crippen molar-refractivity contribution in [2.45, 2.75) is 11.1 Å². The summed E-state index contributed by atoms with van der Waals surface area (Å²) in [7, 11) is -1.80. The number of benzene rings is 1. The summed E-state index contributed by atoms with van der Waals surface area (Å²) in [5.74, 6) is 1.64. The average molecular weight is 482 g/mol. The first-order valence-electron chi connectivity index (χ1n) is 8.84. The Bertz CT molecular complexity index is 1120. The van der Waals surface area contributed by atoms with Gasteiger partial charge >= 0.3 is 0 Å². The zero-order valence-electron chi connectivity index (χ0n) is 15.6. The summed E-state index contributed by atoms with van der Waals surface area (Å²) in [5.41, 5.74) is 2.02. The molecule has 1 aliphatic heterocycles. The highest BCUT2D eigenvalue weighted by Gasteiger charge is 2.30. The van der Waals surface area contributed by atoms with Crippen LogP contribution in [-0.2, 0) is 10.0 Å². The summed E-state index contributed by atoms with van der Waals surface area (Å²) in [6.45, 7) is 4.15. The van der Waals surface area contributed by atoms with Gasteiger partial charge in [0.25, 0.3) is 10.0 Å². The second kappa shape index (κ2) is 7.62. The van der Waals surface area contributed by atoms with Gasteiger partial charge in [0.1, 0.15) is 15.8 Å². The SMILES string of the molecule is COc1ccc2c(C)cc(N3CCN(S(=O)(=O)c4ccc(Br)s4)CC3)nc2c1. The second-order valence-corrected chi connectivity index (χ2v) is 11.3. The van der Waals surface area contributed by atoms with Gasteiger partial charge in [0.2, 0.25) is 0 Å². The van der Waals surface area contributed by atoms with E-state index in [1.807, 2.05) is 18.2 Å². The Labute approximate surface area is 176 Å². The van der Waals surface area contributed by atoms with Crippen LogP contribution in [0, 0.1) is 6.92 Å². The lowest BCUT2D eigenvalue weighted by Crippen LogP contribution is -2.48. The van der Waals surface area contributed by atoms with Crippen LogP contribution >= 0.6 is 27.3 Å². The highest BCUT2D eigenvalue weighted by Crippen LogP contribution is 2.30. The number of halogens is 1. The van der Waals surface area contributed by atoms with Gasteiger partial charge in [-0.15, -0.1) is 11.3 Å². The first-order chi connectivity index (χ1) is 13.4. The zero-order valence-corrected chi connectivity index (χ0v) is 18.8. The number of fused-ring (bicyclic) bond motifs is 1. The van der Waals surface area contributed by atoms with Crippen LogP contribution in [-0.4, -0.2) is 51.0 Å². The number of sulfonamides is 1. The van der Waals surface area contributed by atoms with E-state index in [2.05, 4.69) is 33.8 Å². The lowest BCUT2D eigenvalue weighted by molar-refractivity contribution is 0.385. The number of hydrogen-bond donors (Lipinski definition) is 0. The first kappa shape index (κ1) is 19.6. The number of nitrogens with zero attached hydrogens (tertiary/aromatic N) is 3. The summed E-state index contributed by atoms with van der Waals surface area (Å²) in [5, 5.41) is 1.09. The minimum Gasteiger partial charge on any atom is -0.497 e. The predicted octanol–water partition coefficient (Wildman–Crippen LogP) is 3.89. The fourth-order valence-electron chi connectivity index (χ4n) is 3.37. The van der Waals surface area contributed by atoms with E-state index in [0.717, 1.165) is 31.8 Å². The van der Waals surface area contributed by atoms with Gasteiger partial charge in [0, 0.05) is 37.6 Å². The molecule has 9 heteroatoms. The van der Waals surface area contributed by atoms with Gasteiger partial charge in [0.15, 0.2) is 0 Å². The van der Waals surface area contributed by atoms with Crippen molar-refractivity contribution in [3.8, 4) is 5.75 Å². The van der Waals surface area contributed by atoms with Gasteiger partial charge < -0.3 is 9.64 Å². The van der Waals surface area contributed by atoms with Crippen molar-refractivity contribution in [2.24, 2.45) is 0 Å². The smallest absolute Gasteiger partial charge is 0.252 e. The molecule has 0 radical (unpaired) electrons. The summed E-state index contributed by atoms with van der Waals surface area (Å²) in [6, 6.07) is 11.4. The number of rotatable bonds is 4. The minimum absolute atomic E-state index is 0.375. The number of thiophene rings is 1. The Hall–Kier alpha value is -1.68. The standard InChI is InChI=1S/C19H20BrN3O3S2/c1-13-11-18(21-16-12-14(26-2)3-4-15(13)16)22-7-9-23(10-8-22)28(24,25)19-6-5-17(20)27-19/h3-6,11-12H,7-10H2,1-2H3. The van der Waals surface area contributed by atoms with Crippen molar-refractivity contribution >= 4 is 54.0 Å². The van der Waals surface area contributed by atoms with E-state index in [1.54, 1.807) is 23.5 Å². The number of hydrogen-bond acceptors (Lipinski definition) is 6. The molecular weight excluding hydrogens is 462 g/mol. The highest BCUT2D eigenvalue weighted by molar-refractivity contribution is 9.11. The van der Waals surface area contributed by atoms with E-state index in [-0.39, 0.29) is 0 Å². The summed E-state index contributed by atoms with van der Waals surface area (Å²) in [6.07, 6.45) is 0. The molecule has 148 valence electrons. The molecule has 6 nitrogen and oxygen atoms in total. The maximum Gasteiger partial charge on any atom is 0.252 e. The Morgan fingerprint density at radius 3 is 2.50 bits per heavy atom. The molecule has 3 aromatic rings. The number of anilines is 1. The van der Waals surface area contributed by atoms with Crippen molar-refractivity contribution < 1.29 is 13.2 Å². The Kier molecular flexibility index (Phi) is 5.34. The Balaban J connectivity index is 1.55. The highest BCUT2D eigenvalue weighted by atomic mass is 79.9. The van der Waals surface area contributed by atoms with Crippen LogP contribution < -0.4 is 9.64 Å². The fraction of sp³-hybridized carbons (Fsp3) is 0.316. The van der Waals surface area contributed by atoms with E-state index in [1.165, 1.54) is 11.3 Å². The molecule has 0 amide bonds. The molecular formula is C19H20BrN3O3S2. The third kappa shape index (κ3) is 3.63. The number of aryl methyl sites for hydroxylation is 1. The number of methoxy groups -OCH3 is 1.